The lowest BCUT2D eigenvalue weighted by atomic mass is 9.75. The minimum atomic E-state index is 0.0352. The zero-order valence-electron chi connectivity index (χ0n) is 10.8. The molecule has 6 heteroatoms. The number of thioether (sulfide) groups is 1. The fraction of sp³-hybridized carbons (Fsp3) is 0.583. The Morgan fingerprint density at radius 3 is 2.89 bits per heavy atom. The fourth-order valence-corrected chi connectivity index (χ4v) is 2.91. The Balaban J connectivity index is 1.97. The minimum absolute atomic E-state index is 0.0352. The number of carbonyl (C=O) groups excluding carboxylic acids is 1. The predicted molar refractivity (Wildman–Crippen MR) is 70.5 cm³/mol. The molecule has 0 spiro atoms. The van der Waals surface area contributed by atoms with Crippen molar-refractivity contribution in [3.8, 4) is 0 Å². The normalized spacial score (nSPS) is 21.4. The lowest BCUT2D eigenvalue weighted by Gasteiger charge is -2.34. The topological polar surface area (TPSA) is 59.8 Å². The SMILES string of the molecule is CSc1nc2n(n1)CC1=C(CC(C)(C)CC1=O)N2. The average Bonchev–Trinajstić information content (AvgIpc) is 2.67. The van der Waals surface area contributed by atoms with E-state index in [0.717, 1.165) is 28.8 Å². The van der Waals surface area contributed by atoms with Crippen LogP contribution in [-0.4, -0.2) is 26.8 Å². The Labute approximate surface area is 110 Å². The Morgan fingerprint density at radius 1 is 1.39 bits per heavy atom. The van der Waals surface area contributed by atoms with Gasteiger partial charge >= 0.3 is 0 Å². The van der Waals surface area contributed by atoms with Crippen molar-refractivity contribution >= 4 is 23.5 Å². The summed E-state index contributed by atoms with van der Waals surface area (Å²) in [6, 6.07) is 0. The first-order valence-electron chi connectivity index (χ1n) is 5.99. The van der Waals surface area contributed by atoms with Gasteiger partial charge in [-0.15, -0.1) is 5.10 Å². The van der Waals surface area contributed by atoms with Gasteiger partial charge in [0.2, 0.25) is 11.1 Å². The summed E-state index contributed by atoms with van der Waals surface area (Å²) in [5, 5.41) is 8.37. The van der Waals surface area contributed by atoms with Gasteiger partial charge in [-0.1, -0.05) is 25.6 Å². The fourth-order valence-electron chi connectivity index (χ4n) is 2.56. The van der Waals surface area contributed by atoms with E-state index in [2.05, 4.69) is 29.2 Å². The molecule has 0 atom stereocenters. The highest BCUT2D eigenvalue weighted by molar-refractivity contribution is 7.98. The molecule has 96 valence electrons. The highest BCUT2D eigenvalue weighted by Crippen LogP contribution is 2.39. The molecule has 3 rings (SSSR count). The van der Waals surface area contributed by atoms with E-state index in [1.165, 1.54) is 11.8 Å². The number of carbonyl (C=O) groups is 1. The summed E-state index contributed by atoms with van der Waals surface area (Å²) >= 11 is 1.51. The van der Waals surface area contributed by atoms with Crippen molar-refractivity contribution in [1.82, 2.24) is 14.8 Å². The zero-order chi connectivity index (χ0) is 12.9. The van der Waals surface area contributed by atoms with Crippen LogP contribution < -0.4 is 5.32 Å². The number of anilines is 1. The van der Waals surface area contributed by atoms with Crippen molar-refractivity contribution in [3.63, 3.8) is 0 Å². The molecule has 1 aromatic rings. The average molecular weight is 264 g/mol. The zero-order valence-corrected chi connectivity index (χ0v) is 11.6. The van der Waals surface area contributed by atoms with Gasteiger partial charge in [-0.2, -0.15) is 4.98 Å². The molecule has 0 saturated heterocycles. The van der Waals surface area contributed by atoms with Gasteiger partial charge < -0.3 is 5.32 Å². The monoisotopic (exact) mass is 264 g/mol. The number of rotatable bonds is 1. The molecule has 0 aromatic carbocycles. The lowest BCUT2D eigenvalue weighted by Crippen LogP contribution is -2.33. The Kier molecular flexibility index (Phi) is 2.52. The number of nitrogens with zero attached hydrogens (tertiary/aromatic N) is 3. The summed E-state index contributed by atoms with van der Waals surface area (Å²) in [4.78, 5) is 16.6. The summed E-state index contributed by atoms with van der Waals surface area (Å²) in [6.45, 7) is 4.81. The van der Waals surface area contributed by atoms with E-state index in [1.807, 2.05) is 6.26 Å². The van der Waals surface area contributed by atoms with Crippen LogP contribution in [0.5, 0.6) is 0 Å². The number of fused-ring (bicyclic) bond motifs is 1. The van der Waals surface area contributed by atoms with Crippen LogP contribution in [0.15, 0.2) is 16.4 Å². The van der Waals surface area contributed by atoms with Crippen molar-refractivity contribution in [2.45, 2.75) is 38.4 Å². The number of hydrogen-bond donors (Lipinski definition) is 1. The van der Waals surface area contributed by atoms with Crippen LogP contribution in [0, 0.1) is 5.41 Å². The van der Waals surface area contributed by atoms with Gasteiger partial charge in [-0.05, 0) is 18.1 Å². The molecule has 1 aliphatic carbocycles. The van der Waals surface area contributed by atoms with Crippen LogP contribution in [0.25, 0.3) is 0 Å². The molecule has 18 heavy (non-hydrogen) atoms. The van der Waals surface area contributed by atoms with E-state index >= 15 is 0 Å². The maximum Gasteiger partial charge on any atom is 0.226 e. The summed E-state index contributed by atoms with van der Waals surface area (Å²) in [7, 11) is 0. The van der Waals surface area contributed by atoms with E-state index < -0.39 is 0 Å². The molecule has 1 N–H and O–H groups in total. The molecule has 0 saturated carbocycles. The molecule has 0 unspecified atom stereocenters. The molecule has 2 heterocycles. The molecule has 1 aliphatic heterocycles. The first-order valence-corrected chi connectivity index (χ1v) is 7.22. The Morgan fingerprint density at radius 2 is 2.17 bits per heavy atom. The first-order chi connectivity index (χ1) is 8.48. The molecule has 2 aliphatic rings. The molecule has 0 amide bonds. The van der Waals surface area contributed by atoms with E-state index in [1.54, 1.807) is 4.68 Å². The quantitative estimate of drug-likeness (QED) is 0.787. The van der Waals surface area contributed by atoms with Gasteiger partial charge in [0.05, 0.1) is 6.54 Å². The number of Topliss-reactive ketones (excluding diaryl/α,β-unsaturated/α-hetero) is 1. The highest BCUT2D eigenvalue weighted by Gasteiger charge is 2.36. The van der Waals surface area contributed by atoms with Crippen LogP contribution in [0.3, 0.4) is 0 Å². The molecule has 0 radical (unpaired) electrons. The predicted octanol–water partition coefficient (Wildman–Crippen LogP) is 2.07. The number of ketones is 1. The van der Waals surface area contributed by atoms with Gasteiger partial charge in [0.1, 0.15) is 0 Å². The molecule has 0 bridgehead atoms. The molecular weight excluding hydrogens is 248 g/mol. The smallest absolute Gasteiger partial charge is 0.226 e. The second-order valence-electron chi connectivity index (χ2n) is 5.60. The molecule has 1 aromatic heterocycles. The van der Waals surface area contributed by atoms with Crippen LogP contribution in [-0.2, 0) is 11.3 Å². The van der Waals surface area contributed by atoms with Crippen molar-refractivity contribution in [2.24, 2.45) is 5.41 Å². The number of nitrogens with one attached hydrogen (secondary N) is 1. The summed E-state index contributed by atoms with van der Waals surface area (Å²) in [6.07, 6.45) is 3.46. The van der Waals surface area contributed by atoms with Crippen molar-refractivity contribution in [1.29, 1.82) is 0 Å². The van der Waals surface area contributed by atoms with Crippen molar-refractivity contribution in [2.75, 3.05) is 11.6 Å². The Bertz CT molecular complexity index is 558. The summed E-state index contributed by atoms with van der Waals surface area (Å²) in [5.74, 6) is 0.990. The van der Waals surface area contributed by atoms with Crippen LogP contribution >= 0.6 is 11.8 Å². The third kappa shape index (κ3) is 1.84. The van der Waals surface area contributed by atoms with Crippen molar-refractivity contribution < 1.29 is 4.79 Å². The molecular formula is C12H16N4OS. The molecule has 0 fully saturated rings. The van der Waals surface area contributed by atoms with Crippen LogP contribution in [0.1, 0.15) is 26.7 Å². The second kappa shape index (κ2) is 3.85. The van der Waals surface area contributed by atoms with E-state index in [9.17, 15) is 4.79 Å². The maximum absolute atomic E-state index is 12.2. The van der Waals surface area contributed by atoms with E-state index in [-0.39, 0.29) is 11.2 Å². The summed E-state index contributed by atoms with van der Waals surface area (Å²) < 4.78 is 1.78. The van der Waals surface area contributed by atoms with Crippen LogP contribution in [0.2, 0.25) is 0 Å². The van der Waals surface area contributed by atoms with E-state index in [0.29, 0.717) is 13.0 Å². The van der Waals surface area contributed by atoms with Gasteiger partial charge in [0.25, 0.3) is 0 Å². The van der Waals surface area contributed by atoms with Crippen LogP contribution in [0.4, 0.5) is 5.95 Å². The standard InChI is InChI=1S/C12H16N4OS/c1-12(2)4-8-7(9(17)5-12)6-16-10(13-8)14-11(15-16)18-3/h4-6H2,1-3H3,(H,13,14,15). The third-order valence-electron chi connectivity index (χ3n) is 3.40. The summed E-state index contributed by atoms with van der Waals surface area (Å²) in [5.41, 5.74) is 1.94. The van der Waals surface area contributed by atoms with E-state index in [4.69, 9.17) is 0 Å². The van der Waals surface area contributed by atoms with Gasteiger partial charge in [0, 0.05) is 17.7 Å². The maximum atomic E-state index is 12.2. The van der Waals surface area contributed by atoms with Gasteiger partial charge in [-0.3, -0.25) is 4.79 Å². The minimum Gasteiger partial charge on any atom is -0.328 e. The number of allylic oxidation sites excluding steroid dienone is 2. The van der Waals surface area contributed by atoms with Crippen molar-refractivity contribution in [3.05, 3.63) is 11.3 Å². The van der Waals surface area contributed by atoms with Gasteiger partial charge in [0.15, 0.2) is 5.78 Å². The Hall–Kier alpha value is -1.30. The second-order valence-corrected chi connectivity index (χ2v) is 6.38. The molecule has 5 nitrogen and oxygen atoms in total. The first kappa shape index (κ1) is 11.8. The van der Waals surface area contributed by atoms with Gasteiger partial charge in [-0.25, -0.2) is 4.68 Å². The lowest BCUT2D eigenvalue weighted by molar-refractivity contribution is -0.118. The number of hydrogen-bond acceptors (Lipinski definition) is 5. The third-order valence-corrected chi connectivity index (χ3v) is 3.94. The largest absolute Gasteiger partial charge is 0.328 e. The highest BCUT2D eigenvalue weighted by atomic mass is 32.2. The number of aromatic nitrogens is 3.